The molecule has 5 heteroatoms. The van der Waals surface area contributed by atoms with Crippen LogP contribution in [-0.2, 0) is 0 Å². The smallest absolute Gasteiger partial charge is 0.259 e. The lowest BCUT2D eigenvalue weighted by atomic mass is 9.98. The van der Waals surface area contributed by atoms with E-state index in [0.717, 1.165) is 32.8 Å². The molecule has 0 unspecified atom stereocenters. The lowest BCUT2D eigenvalue weighted by Gasteiger charge is -2.16. The fourth-order valence-corrected chi connectivity index (χ4v) is 3.98. The van der Waals surface area contributed by atoms with E-state index in [1.165, 1.54) is 5.56 Å². The number of aromatic amines is 1. The highest BCUT2D eigenvalue weighted by Gasteiger charge is 2.15. The van der Waals surface area contributed by atoms with Crippen LogP contribution in [0.5, 0.6) is 0 Å². The number of hydrogen-bond donors (Lipinski definition) is 2. The average Bonchev–Trinajstić information content (AvgIpc) is 2.89. The van der Waals surface area contributed by atoms with Crippen LogP contribution in [0.15, 0.2) is 29.1 Å². The number of benzene rings is 1. The fraction of sp³-hybridized carbons (Fsp3) is 0.400. The van der Waals surface area contributed by atoms with Crippen LogP contribution in [0.3, 0.4) is 0 Å². The molecule has 0 amide bonds. The molecule has 2 aromatic heterocycles. The molecule has 2 atom stereocenters. The van der Waals surface area contributed by atoms with Gasteiger partial charge in [0, 0.05) is 10.6 Å². The predicted molar refractivity (Wildman–Crippen MR) is 107 cm³/mol. The summed E-state index contributed by atoms with van der Waals surface area (Å²) in [4.78, 5) is 22.0. The van der Waals surface area contributed by atoms with Crippen LogP contribution < -0.4 is 10.9 Å². The van der Waals surface area contributed by atoms with Gasteiger partial charge in [0.15, 0.2) is 0 Å². The first-order valence-corrected chi connectivity index (χ1v) is 9.58. The van der Waals surface area contributed by atoms with E-state index < -0.39 is 0 Å². The van der Waals surface area contributed by atoms with E-state index in [9.17, 15) is 4.79 Å². The molecule has 1 aromatic carbocycles. The Bertz CT molecular complexity index is 940. The third kappa shape index (κ3) is 3.47. The van der Waals surface area contributed by atoms with Crippen LogP contribution in [0, 0.1) is 13.8 Å². The van der Waals surface area contributed by atoms with E-state index in [-0.39, 0.29) is 11.6 Å². The second kappa shape index (κ2) is 7.00. The van der Waals surface area contributed by atoms with Gasteiger partial charge in [-0.25, -0.2) is 4.98 Å². The summed E-state index contributed by atoms with van der Waals surface area (Å²) in [6.45, 7) is 10.5. The average molecular weight is 356 g/mol. The van der Waals surface area contributed by atoms with Crippen molar-refractivity contribution in [3.63, 3.8) is 0 Å². The molecule has 2 heterocycles. The molecular weight excluding hydrogens is 330 g/mol. The summed E-state index contributed by atoms with van der Waals surface area (Å²) in [7, 11) is 0. The highest BCUT2D eigenvalue weighted by molar-refractivity contribution is 7.18. The van der Waals surface area contributed by atoms with Crippen molar-refractivity contribution in [1.29, 1.82) is 0 Å². The van der Waals surface area contributed by atoms with E-state index in [2.05, 4.69) is 53.4 Å². The number of aryl methyl sites for hydroxylation is 2. The minimum atomic E-state index is -0.0748. The summed E-state index contributed by atoms with van der Waals surface area (Å²) in [5, 5.41) is 4.15. The van der Waals surface area contributed by atoms with E-state index >= 15 is 0 Å². The molecule has 4 nitrogen and oxygen atoms in total. The number of fused-ring (bicyclic) bond motifs is 1. The Balaban J connectivity index is 1.85. The van der Waals surface area contributed by atoms with Crippen molar-refractivity contribution in [3.05, 3.63) is 56.4 Å². The summed E-state index contributed by atoms with van der Waals surface area (Å²) < 4.78 is 0. The van der Waals surface area contributed by atoms with Gasteiger partial charge in [0.1, 0.15) is 10.7 Å². The van der Waals surface area contributed by atoms with Crippen molar-refractivity contribution < 1.29 is 0 Å². The fourth-order valence-electron chi connectivity index (χ4n) is 2.94. The molecule has 0 aliphatic heterocycles. The van der Waals surface area contributed by atoms with Gasteiger partial charge in [-0.2, -0.15) is 0 Å². The van der Waals surface area contributed by atoms with Crippen LogP contribution in [0.2, 0.25) is 0 Å². The zero-order valence-electron chi connectivity index (χ0n) is 15.4. The van der Waals surface area contributed by atoms with Crippen molar-refractivity contribution in [2.24, 2.45) is 0 Å². The molecule has 0 fully saturated rings. The minimum Gasteiger partial charge on any atom is -0.375 e. The maximum atomic E-state index is 12.4. The number of anilines is 1. The Morgan fingerprint density at radius 2 is 1.88 bits per heavy atom. The number of H-pyrrole nitrogens is 1. The summed E-state index contributed by atoms with van der Waals surface area (Å²) in [6.07, 6.45) is 1.13. The first-order chi connectivity index (χ1) is 11.9. The molecule has 0 spiro atoms. The standard InChI is InChI=1S/C20H25N3OS/c1-6-11(2)15-7-9-16(10-8-15)21-13(4)18-22-19(24)17-12(3)14(5)25-20(17)23-18/h7-11,13,21H,6H2,1-5H3,(H,22,23,24)/t11-,13+/m1/s1. The SMILES string of the molecule is CC[C@@H](C)c1ccc(N[C@@H](C)c2nc3sc(C)c(C)c3c(=O)[nH]2)cc1. The number of nitrogens with zero attached hydrogens (tertiary/aromatic N) is 1. The van der Waals surface area contributed by atoms with Gasteiger partial charge in [0.05, 0.1) is 11.4 Å². The summed E-state index contributed by atoms with van der Waals surface area (Å²) in [6, 6.07) is 8.43. The topological polar surface area (TPSA) is 57.8 Å². The van der Waals surface area contributed by atoms with Gasteiger partial charge in [0.2, 0.25) is 0 Å². The molecule has 25 heavy (non-hydrogen) atoms. The maximum Gasteiger partial charge on any atom is 0.259 e. The number of thiophene rings is 1. The Kier molecular flexibility index (Phi) is 4.95. The van der Waals surface area contributed by atoms with Crippen molar-refractivity contribution in [2.45, 2.75) is 53.0 Å². The highest BCUT2D eigenvalue weighted by Crippen LogP contribution is 2.27. The highest BCUT2D eigenvalue weighted by atomic mass is 32.1. The van der Waals surface area contributed by atoms with Gasteiger partial charge in [-0.15, -0.1) is 11.3 Å². The van der Waals surface area contributed by atoms with Crippen LogP contribution in [0.4, 0.5) is 5.69 Å². The molecule has 0 saturated carbocycles. The molecule has 132 valence electrons. The lowest BCUT2D eigenvalue weighted by Crippen LogP contribution is -2.17. The summed E-state index contributed by atoms with van der Waals surface area (Å²) in [5.41, 5.74) is 3.35. The van der Waals surface area contributed by atoms with E-state index in [1.807, 2.05) is 20.8 Å². The number of rotatable bonds is 5. The minimum absolute atomic E-state index is 0.0531. The molecule has 0 aliphatic carbocycles. The van der Waals surface area contributed by atoms with Gasteiger partial charge in [0.25, 0.3) is 5.56 Å². The van der Waals surface area contributed by atoms with Crippen LogP contribution in [0.1, 0.15) is 61.0 Å². The third-order valence-corrected chi connectivity index (χ3v) is 6.04. The van der Waals surface area contributed by atoms with Crippen molar-refractivity contribution in [2.75, 3.05) is 5.32 Å². The quantitative estimate of drug-likeness (QED) is 0.654. The predicted octanol–water partition coefficient (Wildman–Crippen LogP) is 5.29. The Hall–Kier alpha value is -2.14. The zero-order valence-corrected chi connectivity index (χ0v) is 16.3. The van der Waals surface area contributed by atoms with Crippen molar-refractivity contribution in [1.82, 2.24) is 9.97 Å². The van der Waals surface area contributed by atoms with Crippen LogP contribution in [0.25, 0.3) is 10.2 Å². The van der Waals surface area contributed by atoms with E-state index in [4.69, 9.17) is 0 Å². The Labute approximate surface area is 152 Å². The normalized spacial score (nSPS) is 13.8. The van der Waals surface area contributed by atoms with Crippen molar-refractivity contribution >= 4 is 27.2 Å². The second-order valence-electron chi connectivity index (χ2n) is 6.71. The van der Waals surface area contributed by atoms with Gasteiger partial charge in [-0.1, -0.05) is 26.0 Å². The Morgan fingerprint density at radius 3 is 2.52 bits per heavy atom. The van der Waals surface area contributed by atoms with Crippen LogP contribution in [-0.4, -0.2) is 9.97 Å². The van der Waals surface area contributed by atoms with E-state index in [1.54, 1.807) is 11.3 Å². The molecule has 0 aliphatic rings. The molecule has 3 aromatic rings. The summed E-state index contributed by atoms with van der Waals surface area (Å²) >= 11 is 1.58. The lowest BCUT2D eigenvalue weighted by molar-refractivity contribution is 0.733. The zero-order chi connectivity index (χ0) is 18.1. The van der Waals surface area contributed by atoms with Gasteiger partial charge in [-0.3, -0.25) is 4.79 Å². The van der Waals surface area contributed by atoms with Crippen LogP contribution >= 0.6 is 11.3 Å². The number of hydrogen-bond acceptors (Lipinski definition) is 4. The molecule has 0 bridgehead atoms. The monoisotopic (exact) mass is 355 g/mol. The van der Waals surface area contributed by atoms with Gasteiger partial charge in [-0.05, 0) is 56.4 Å². The summed E-state index contributed by atoms with van der Waals surface area (Å²) in [5.74, 6) is 1.24. The van der Waals surface area contributed by atoms with Gasteiger partial charge < -0.3 is 10.3 Å². The third-order valence-electron chi connectivity index (χ3n) is 4.94. The first-order valence-electron chi connectivity index (χ1n) is 8.77. The molecule has 0 radical (unpaired) electrons. The van der Waals surface area contributed by atoms with Crippen molar-refractivity contribution in [3.8, 4) is 0 Å². The number of nitrogens with one attached hydrogen (secondary N) is 2. The molecule has 3 rings (SSSR count). The molecule has 2 N–H and O–H groups in total. The number of aromatic nitrogens is 2. The molecule has 0 saturated heterocycles. The maximum absolute atomic E-state index is 12.4. The largest absolute Gasteiger partial charge is 0.375 e. The van der Waals surface area contributed by atoms with Gasteiger partial charge >= 0.3 is 0 Å². The first kappa shape index (κ1) is 17.7. The Morgan fingerprint density at radius 1 is 1.20 bits per heavy atom. The molecular formula is C20H25N3OS. The van der Waals surface area contributed by atoms with E-state index in [0.29, 0.717) is 11.7 Å². The second-order valence-corrected chi connectivity index (χ2v) is 7.92.